The average molecular weight is 276 g/mol. The van der Waals surface area contributed by atoms with Gasteiger partial charge in [-0.25, -0.2) is 4.68 Å². The summed E-state index contributed by atoms with van der Waals surface area (Å²) in [5.74, 6) is 0. The quantitative estimate of drug-likeness (QED) is 0.730. The van der Waals surface area contributed by atoms with Crippen molar-refractivity contribution in [3.63, 3.8) is 0 Å². The Balaban J connectivity index is 2.20. The Hall–Kier alpha value is -1.92. The van der Waals surface area contributed by atoms with E-state index in [1.807, 2.05) is 38.2 Å². The first kappa shape index (κ1) is 14.5. The van der Waals surface area contributed by atoms with Crippen molar-refractivity contribution in [2.24, 2.45) is 0 Å². The van der Waals surface area contributed by atoms with E-state index in [-0.39, 0.29) is 6.61 Å². The van der Waals surface area contributed by atoms with Crippen molar-refractivity contribution in [3.8, 4) is 5.69 Å². The van der Waals surface area contributed by atoms with Crippen LogP contribution in [0.15, 0.2) is 24.4 Å². The second-order valence-electron chi connectivity index (χ2n) is 4.73. The number of aryl methyl sites for hydroxylation is 2. The maximum atomic E-state index is 9.36. The van der Waals surface area contributed by atoms with E-state index in [1.165, 1.54) is 0 Å². The van der Waals surface area contributed by atoms with Gasteiger partial charge < -0.3 is 15.5 Å². The highest BCUT2D eigenvalue weighted by atomic mass is 16.3. The van der Waals surface area contributed by atoms with Crippen molar-refractivity contribution in [1.82, 2.24) is 15.0 Å². The van der Waals surface area contributed by atoms with Gasteiger partial charge in [-0.05, 0) is 31.0 Å². The monoisotopic (exact) mass is 276 g/mol. The van der Waals surface area contributed by atoms with E-state index in [0.717, 1.165) is 29.1 Å². The minimum absolute atomic E-state index is 0.255. The highest BCUT2D eigenvalue weighted by molar-refractivity contribution is 5.54. The first-order chi connectivity index (χ1) is 9.63. The molecule has 0 saturated heterocycles. The lowest BCUT2D eigenvalue weighted by atomic mass is 10.1. The number of rotatable bonds is 6. The minimum Gasteiger partial charge on any atom is -0.394 e. The Labute approximate surface area is 118 Å². The van der Waals surface area contributed by atoms with Crippen LogP contribution in [-0.4, -0.2) is 44.5 Å². The zero-order valence-corrected chi connectivity index (χ0v) is 11.7. The fourth-order valence-electron chi connectivity index (χ4n) is 1.84. The summed E-state index contributed by atoms with van der Waals surface area (Å²) in [7, 11) is 0. The lowest BCUT2D eigenvalue weighted by molar-refractivity contribution is 0.105. The smallest absolute Gasteiger partial charge is 0.0942 e. The van der Waals surface area contributed by atoms with Crippen molar-refractivity contribution in [3.05, 3.63) is 35.7 Å². The van der Waals surface area contributed by atoms with Gasteiger partial charge in [-0.15, -0.1) is 5.10 Å². The largest absolute Gasteiger partial charge is 0.394 e. The molecule has 0 bridgehead atoms. The third kappa shape index (κ3) is 3.34. The Morgan fingerprint density at radius 1 is 1.40 bits per heavy atom. The second-order valence-corrected chi connectivity index (χ2v) is 4.73. The molecule has 0 radical (unpaired) electrons. The molecule has 0 aliphatic rings. The van der Waals surface area contributed by atoms with Crippen LogP contribution in [0.3, 0.4) is 0 Å². The molecule has 6 nitrogen and oxygen atoms in total. The fraction of sp³-hybridized carbons (Fsp3) is 0.429. The van der Waals surface area contributed by atoms with Crippen molar-refractivity contribution in [2.75, 3.05) is 18.5 Å². The summed E-state index contributed by atoms with van der Waals surface area (Å²) in [5.41, 5.74) is 3.84. The summed E-state index contributed by atoms with van der Waals surface area (Å²) < 4.78 is 1.75. The molecule has 20 heavy (non-hydrogen) atoms. The SMILES string of the molecule is CCc1cn(-c2cc(NCC(O)CO)ccc2C)nn1. The van der Waals surface area contributed by atoms with Gasteiger partial charge in [0, 0.05) is 12.2 Å². The Morgan fingerprint density at radius 2 is 2.20 bits per heavy atom. The zero-order chi connectivity index (χ0) is 14.5. The van der Waals surface area contributed by atoms with Crippen molar-refractivity contribution in [2.45, 2.75) is 26.4 Å². The summed E-state index contributed by atoms with van der Waals surface area (Å²) in [4.78, 5) is 0. The van der Waals surface area contributed by atoms with Crippen molar-refractivity contribution in [1.29, 1.82) is 0 Å². The molecular weight excluding hydrogens is 256 g/mol. The molecule has 2 rings (SSSR count). The Kier molecular flexibility index (Phi) is 4.70. The normalized spacial score (nSPS) is 12.4. The molecule has 1 aromatic carbocycles. The van der Waals surface area contributed by atoms with E-state index in [4.69, 9.17) is 5.11 Å². The molecule has 0 aliphatic carbocycles. The molecule has 6 heteroatoms. The van der Waals surface area contributed by atoms with Crippen molar-refractivity contribution < 1.29 is 10.2 Å². The number of benzene rings is 1. The van der Waals surface area contributed by atoms with E-state index in [2.05, 4.69) is 15.6 Å². The van der Waals surface area contributed by atoms with E-state index < -0.39 is 6.10 Å². The van der Waals surface area contributed by atoms with Gasteiger partial charge >= 0.3 is 0 Å². The van der Waals surface area contributed by atoms with E-state index >= 15 is 0 Å². The molecule has 1 aromatic heterocycles. The molecule has 108 valence electrons. The van der Waals surface area contributed by atoms with Crippen LogP contribution >= 0.6 is 0 Å². The molecule has 0 fully saturated rings. The molecule has 2 aromatic rings. The number of hydrogen-bond acceptors (Lipinski definition) is 5. The fourth-order valence-corrected chi connectivity index (χ4v) is 1.84. The Bertz CT molecular complexity index is 568. The lowest BCUT2D eigenvalue weighted by Gasteiger charge is -2.12. The summed E-state index contributed by atoms with van der Waals surface area (Å²) >= 11 is 0. The lowest BCUT2D eigenvalue weighted by Crippen LogP contribution is -2.23. The van der Waals surface area contributed by atoms with Gasteiger partial charge in [0.05, 0.1) is 30.3 Å². The standard InChI is InChI=1S/C14H20N4O2/c1-3-11-8-18(17-16-11)14-6-12(5-4-10(14)2)15-7-13(20)9-19/h4-6,8,13,15,19-20H,3,7,9H2,1-2H3. The van der Waals surface area contributed by atoms with Crippen LogP contribution < -0.4 is 5.32 Å². The Morgan fingerprint density at radius 3 is 2.85 bits per heavy atom. The minimum atomic E-state index is -0.766. The average Bonchev–Trinajstić information content (AvgIpc) is 2.94. The zero-order valence-electron chi connectivity index (χ0n) is 11.7. The summed E-state index contributed by atoms with van der Waals surface area (Å²) in [5, 5.41) is 29.5. The molecule has 0 spiro atoms. The van der Waals surface area contributed by atoms with Crippen LogP contribution in [0.1, 0.15) is 18.2 Å². The molecule has 1 atom stereocenters. The third-order valence-corrected chi connectivity index (χ3v) is 3.11. The summed E-state index contributed by atoms with van der Waals surface area (Å²) in [6.45, 7) is 4.09. The van der Waals surface area contributed by atoms with Crippen LogP contribution in [0.4, 0.5) is 5.69 Å². The molecule has 1 heterocycles. The first-order valence-electron chi connectivity index (χ1n) is 6.69. The van der Waals surface area contributed by atoms with Gasteiger partial charge in [-0.1, -0.05) is 18.2 Å². The van der Waals surface area contributed by atoms with Gasteiger partial charge in [-0.3, -0.25) is 0 Å². The first-order valence-corrected chi connectivity index (χ1v) is 6.69. The molecule has 3 N–H and O–H groups in total. The number of aromatic nitrogens is 3. The number of nitrogens with one attached hydrogen (secondary N) is 1. The molecule has 1 unspecified atom stereocenters. The van der Waals surface area contributed by atoms with E-state index in [1.54, 1.807) is 4.68 Å². The van der Waals surface area contributed by atoms with Gasteiger partial charge in [0.2, 0.25) is 0 Å². The maximum Gasteiger partial charge on any atom is 0.0942 e. The highest BCUT2D eigenvalue weighted by Crippen LogP contribution is 2.19. The van der Waals surface area contributed by atoms with E-state index in [0.29, 0.717) is 6.54 Å². The van der Waals surface area contributed by atoms with Gasteiger partial charge in [0.15, 0.2) is 0 Å². The number of aliphatic hydroxyl groups excluding tert-OH is 2. The number of nitrogens with zero attached hydrogens (tertiary/aromatic N) is 3. The number of aliphatic hydroxyl groups is 2. The van der Waals surface area contributed by atoms with Crippen LogP contribution in [0.5, 0.6) is 0 Å². The third-order valence-electron chi connectivity index (χ3n) is 3.11. The predicted molar refractivity (Wildman–Crippen MR) is 77.1 cm³/mol. The molecule has 0 amide bonds. The number of anilines is 1. The number of hydrogen-bond donors (Lipinski definition) is 3. The topological polar surface area (TPSA) is 83.2 Å². The van der Waals surface area contributed by atoms with Crippen LogP contribution in [0, 0.1) is 6.92 Å². The molecular formula is C14H20N4O2. The molecule has 0 aliphatic heterocycles. The van der Waals surface area contributed by atoms with Crippen LogP contribution in [-0.2, 0) is 6.42 Å². The van der Waals surface area contributed by atoms with E-state index in [9.17, 15) is 5.11 Å². The van der Waals surface area contributed by atoms with Crippen LogP contribution in [0.25, 0.3) is 5.69 Å². The molecule has 0 saturated carbocycles. The van der Waals surface area contributed by atoms with Gasteiger partial charge in [0.1, 0.15) is 0 Å². The summed E-state index contributed by atoms with van der Waals surface area (Å²) in [6, 6.07) is 5.87. The van der Waals surface area contributed by atoms with Gasteiger partial charge in [-0.2, -0.15) is 0 Å². The predicted octanol–water partition coefficient (Wildman–Crippen LogP) is 0.903. The second kappa shape index (κ2) is 6.49. The highest BCUT2D eigenvalue weighted by Gasteiger charge is 2.07. The van der Waals surface area contributed by atoms with Crippen LogP contribution in [0.2, 0.25) is 0 Å². The summed E-state index contributed by atoms with van der Waals surface area (Å²) in [6.07, 6.45) is 1.99. The van der Waals surface area contributed by atoms with Gasteiger partial charge in [0.25, 0.3) is 0 Å². The maximum absolute atomic E-state index is 9.36. The van der Waals surface area contributed by atoms with Crippen molar-refractivity contribution >= 4 is 5.69 Å².